The maximum Gasteiger partial charge on any atom is 0.241 e. The Morgan fingerprint density at radius 1 is 1.53 bits per heavy atom. The molecule has 1 amide bonds. The molecular formula is C12H16BrFN2O. The topological polar surface area (TPSA) is 55.1 Å². The fourth-order valence-electron chi connectivity index (χ4n) is 1.42. The van der Waals surface area contributed by atoms with E-state index in [2.05, 4.69) is 21.2 Å². The number of carbonyl (C=O) groups excluding carboxylic acids is 1. The van der Waals surface area contributed by atoms with Gasteiger partial charge in [-0.3, -0.25) is 4.79 Å². The van der Waals surface area contributed by atoms with Gasteiger partial charge in [0.05, 0.1) is 10.5 Å². The number of rotatable bonds is 4. The number of anilines is 1. The maximum atomic E-state index is 13.0. The fourth-order valence-corrected chi connectivity index (χ4v) is 1.80. The quantitative estimate of drug-likeness (QED) is 0.898. The van der Waals surface area contributed by atoms with E-state index in [-0.39, 0.29) is 11.7 Å². The largest absolute Gasteiger partial charge is 0.325 e. The van der Waals surface area contributed by atoms with Crippen molar-refractivity contribution in [2.45, 2.75) is 26.3 Å². The molecule has 1 aromatic rings. The minimum atomic E-state index is -0.543. The van der Waals surface area contributed by atoms with Crippen molar-refractivity contribution >= 4 is 27.5 Å². The van der Waals surface area contributed by atoms with Crippen LogP contribution in [0.1, 0.15) is 20.3 Å². The number of nitrogens with two attached hydrogens (primary N) is 1. The second kappa shape index (κ2) is 6.12. The Labute approximate surface area is 109 Å². The molecule has 17 heavy (non-hydrogen) atoms. The van der Waals surface area contributed by atoms with Crippen LogP contribution in [0.5, 0.6) is 0 Å². The van der Waals surface area contributed by atoms with Gasteiger partial charge in [0.25, 0.3) is 0 Å². The Balaban J connectivity index is 2.64. The molecule has 0 aliphatic rings. The summed E-state index contributed by atoms with van der Waals surface area (Å²) in [4.78, 5) is 11.7. The van der Waals surface area contributed by atoms with Crippen molar-refractivity contribution in [1.82, 2.24) is 0 Å². The number of halogens is 2. The van der Waals surface area contributed by atoms with Crippen LogP contribution in [0.3, 0.4) is 0 Å². The second-order valence-corrected chi connectivity index (χ2v) is 5.21. The molecule has 0 radical (unpaired) electrons. The minimum Gasteiger partial charge on any atom is -0.325 e. The van der Waals surface area contributed by atoms with Crippen LogP contribution in [0.15, 0.2) is 22.7 Å². The molecule has 0 spiro atoms. The van der Waals surface area contributed by atoms with Crippen LogP contribution < -0.4 is 11.1 Å². The van der Waals surface area contributed by atoms with Gasteiger partial charge in [0.1, 0.15) is 5.82 Å². The van der Waals surface area contributed by atoms with Gasteiger partial charge in [-0.1, -0.05) is 13.8 Å². The molecule has 0 heterocycles. The molecule has 0 aliphatic carbocycles. The lowest BCUT2D eigenvalue weighted by molar-refractivity contribution is -0.117. The molecule has 3 N–H and O–H groups in total. The van der Waals surface area contributed by atoms with Gasteiger partial charge in [0.2, 0.25) is 5.91 Å². The van der Waals surface area contributed by atoms with Gasteiger partial charge in [0.15, 0.2) is 0 Å². The number of benzene rings is 1. The van der Waals surface area contributed by atoms with Crippen molar-refractivity contribution in [2.24, 2.45) is 11.7 Å². The lowest BCUT2D eigenvalue weighted by atomic mass is 10.0. The molecule has 0 fully saturated rings. The van der Waals surface area contributed by atoms with Crippen LogP contribution in [-0.2, 0) is 4.79 Å². The number of hydrogen-bond acceptors (Lipinski definition) is 2. The molecule has 1 rings (SSSR count). The van der Waals surface area contributed by atoms with Crippen molar-refractivity contribution < 1.29 is 9.18 Å². The first kappa shape index (κ1) is 14.1. The first-order valence-electron chi connectivity index (χ1n) is 5.41. The molecular weight excluding hydrogens is 287 g/mol. The van der Waals surface area contributed by atoms with Gasteiger partial charge in [-0.15, -0.1) is 0 Å². The monoisotopic (exact) mass is 302 g/mol. The van der Waals surface area contributed by atoms with Crippen LogP contribution in [0.25, 0.3) is 0 Å². The standard InChI is InChI=1S/C12H16BrFN2O/c1-7(2)5-11(15)12(17)16-8-3-4-10(14)9(13)6-8/h3-4,6-7,11H,5,15H2,1-2H3,(H,16,17)/t11-/m0/s1. The number of nitrogens with one attached hydrogen (secondary N) is 1. The summed E-state index contributed by atoms with van der Waals surface area (Å²) in [6.07, 6.45) is 0.619. The average Bonchev–Trinajstić information content (AvgIpc) is 2.22. The van der Waals surface area contributed by atoms with Crippen molar-refractivity contribution in [3.63, 3.8) is 0 Å². The highest BCUT2D eigenvalue weighted by molar-refractivity contribution is 9.10. The fraction of sp³-hybridized carbons (Fsp3) is 0.417. The minimum absolute atomic E-state index is 0.253. The van der Waals surface area contributed by atoms with E-state index in [4.69, 9.17) is 5.73 Å². The average molecular weight is 303 g/mol. The van der Waals surface area contributed by atoms with E-state index in [1.807, 2.05) is 13.8 Å². The van der Waals surface area contributed by atoms with Crippen molar-refractivity contribution in [3.8, 4) is 0 Å². The van der Waals surface area contributed by atoms with Gasteiger partial charge in [-0.2, -0.15) is 0 Å². The Morgan fingerprint density at radius 3 is 2.71 bits per heavy atom. The Morgan fingerprint density at radius 2 is 2.18 bits per heavy atom. The molecule has 1 aromatic carbocycles. The first-order valence-corrected chi connectivity index (χ1v) is 6.21. The van der Waals surface area contributed by atoms with E-state index in [1.54, 1.807) is 0 Å². The SMILES string of the molecule is CC(C)C[C@H](N)C(=O)Nc1ccc(F)c(Br)c1. The molecule has 94 valence electrons. The van der Waals surface area contributed by atoms with Gasteiger partial charge < -0.3 is 11.1 Å². The van der Waals surface area contributed by atoms with Gasteiger partial charge >= 0.3 is 0 Å². The summed E-state index contributed by atoms with van der Waals surface area (Å²) in [6.45, 7) is 4.00. The van der Waals surface area contributed by atoms with Crippen molar-refractivity contribution in [1.29, 1.82) is 0 Å². The van der Waals surface area contributed by atoms with Crippen LogP contribution >= 0.6 is 15.9 Å². The lowest BCUT2D eigenvalue weighted by Gasteiger charge is -2.14. The highest BCUT2D eigenvalue weighted by Gasteiger charge is 2.15. The molecule has 0 unspecified atom stereocenters. The highest BCUT2D eigenvalue weighted by atomic mass is 79.9. The predicted octanol–water partition coefficient (Wildman–Crippen LogP) is 2.90. The van der Waals surface area contributed by atoms with Crippen LogP contribution in [0.4, 0.5) is 10.1 Å². The second-order valence-electron chi connectivity index (χ2n) is 4.35. The zero-order valence-corrected chi connectivity index (χ0v) is 11.4. The van der Waals surface area contributed by atoms with Gasteiger partial charge in [-0.25, -0.2) is 4.39 Å². The molecule has 1 atom stereocenters. The zero-order chi connectivity index (χ0) is 13.0. The highest BCUT2D eigenvalue weighted by Crippen LogP contribution is 2.20. The maximum absolute atomic E-state index is 13.0. The molecule has 0 bridgehead atoms. The molecule has 3 nitrogen and oxygen atoms in total. The molecule has 0 aliphatic heterocycles. The summed E-state index contributed by atoms with van der Waals surface area (Å²) >= 11 is 3.06. The third kappa shape index (κ3) is 4.44. The molecule has 5 heteroatoms. The summed E-state index contributed by atoms with van der Waals surface area (Å²) in [7, 11) is 0. The summed E-state index contributed by atoms with van der Waals surface area (Å²) in [5, 5.41) is 2.65. The Kier molecular flexibility index (Phi) is 5.08. The number of carbonyl (C=O) groups is 1. The van der Waals surface area contributed by atoms with Crippen molar-refractivity contribution in [3.05, 3.63) is 28.5 Å². The van der Waals surface area contributed by atoms with E-state index in [9.17, 15) is 9.18 Å². The van der Waals surface area contributed by atoms with Crippen LogP contribution in [0, 0.1) is 11.7 Å². The number of amides is 1. The first-order chi connectivity index (χ1) is 7.90. The lowest BCUT2D eigenvalue weighted by Crippen LogP contribution is -2.36. The van der Waals surface area contributed by atoms with Gasteiger partial charge in [0, 0.05) is 5.69 Å². The number of hydrogen-bond donors (Lipinski definition) is 2. The predicted molar refractivity (Wildman–Crippen MR) is 70.2 cm³/mol. The summed E-state index contributed by atoms with van der Waals surface area (Å²) < 4.78 is 13.3. The van der Waals surface area contributed by atoms with E-state index in [0.717, 1.165) is 0 Å². The Bertz CT molecular complexity index is 409. The zero-order valence-electron chi connectivity index (χ0n) is 9.84. The van der Waals surface area contributed by atoms with E-state index in [0.29, 0.717) is 22.5 Å². The van der Waals surface area contributed by atoms with Crippen molar-refractivity contribution in [2.75, 3.05) is 5.32 Å². The van der Waals surface area contributed by atoms with Gasteiger partial charge in [-0.05, 0) is 46.5 Å². The van der Waals surface area contributed by atoms with Crippen LogP contribution in [0.2, 0.25) is 0 Å². The van der Waals surface area contributed by atoms with E-state index in [1.165, 1.54) is 18.2 Å². The Hall–Kier alpha value is -0.940. The van der Waals surface area contributed by atoms with E-state index < -0.39 is 6.04 Å². The van der Waals surface area contributed by atoms with E-state index >= 15 is 0 Å². The molecule has 0 saturated heterocycles. The molecule has 0 aromatic heterocycles. The summed E-state index contributed by atoms with van der Waals surface area (Å²) in [5.41, 5.74) is 6.27. The summed E-state index contributed by atoms with van der Waals surface area (Å²) in [6, 6.07) is 3.75. The normalized spacial score (nSPS) is 12.6. The third-order valence-corrected chi connectivity index (χ3v) is 2.86. The smallest absolute Gasteiger partial charge is 0.241 e. The summed E-state index contributed by atoms with van der Waals surface area (Å²) in [5.74, 6) is -0.262. The third-order valence-electron chi connectivity index (χ3n) is 2.25. The molecule has 0 saturated carbocycles. The van der Waals surface area contributed by atoms with Crippen LogP contribution in [-0.4, -0.2) is 11.9 Å².